The number of rotatable bonds is 3. The number of hydrogen-bond donors (Lipinski definition) is 2. The molecular formula is C14H13N5O3. The standard InChI is InChI=1S/C14H13N5O3/c20-11-5-2-6-19(11)7-10-16-13(22-18-10)8-3-1-4-9-12(8)17-14(21)15-9/h1,3-4H,2,5-7H2,(H2,15,17,21). The van der Waals surface area contributed by atoms with Gasteiger partial charge in [-0.05, 0) is 18.6 Å². The maximum Gasteiger partial charge on any atom is 0.323 e. The molecule has 0 radical (unpaired) electrons. The Kier molecular flexibility index (Phi) is 2.81. The predicted molar refractivity (Wildman–Crippen MR) is 76.9 cm³/mol. The molecule has 0 bridgehead atoms. The summed E-state index contributed by atoms with van der Waals surface area (Å²) in [4.78, 5) is 34.5. The number of benzene rings is 1. The lowest BCUT2D eigenvalue weighted by atomic mass is 10.2. The number of H-pyrrole nitrogens is 2. The zero-order valence-corrected chi connectivity index (χ0v) is 11.6. The second-order valence-electron chi connectivity index (χ2n) is 5.24. The molecule has 2 N–H and O–H groups in total. The molecule has 2 aromatic heterocycles. The normalized spacial score (nSPS) is 15.1. The van der Waals surface area contributed by atoms with E-state index in [0.29, 0.717) is 41.3 Å². The van der Waals surface area contributed by atoms with E-state index in [2.05, 4.69) is 20.1 Å². The fraction of sp³-hybridized carbons (Fsp3) is 0.286. The van der Waals surface area contributed by atoms with Gasteiger partial charge in [0.1, 0.15) is 0 Å². The lowest BCUT2D eigenvalue weighted by molar-refractivity contribution is -0.128. The van der Waals surface area contributed by atoms with Gasteiger partial charge in [0, 0.05) is 13.0 Å². The lowest BCUT2D eigenvalue weighted by Gasteiger charge is -2.11. The summed E-state index contributed by atoms with van der Waals surface area (Å²) in [5, 5.41) is 3.92. The van der Waals surface area contributed by atoms with Crippen molar-refractivity contribution in [1.29, 1.82) is 0 Å². The van der Waals surface area contributed by atoms with Crippen molar-refractivity contribution in [3.63, 3.8) is 0 Å². The first-order valence-electron chi connectivity index (χ1n) is 7.02. The number of fused-ring (bicyclic) bond motifs is 1. The van der Waals surface area contributed by atoms with Crippen LogP contribution < -0.4 is 5.69 Å². The molecule has 0 aliphatic carbocycles. The number of imidazole rings is 1. The molecule has 22 heavy (non-hydrogen) atoms. The van der Waals surface area contributed by atoms with Gasteiger partial charge in [-0.2, -0.15) is 4.98 Å². The summed E-state index contributed by atoms with van der Waals surface area (Å²) >= 11 is 0. The van der Waals surface area contributed by atoms with Gasteiger partial charge in [-0.15, -0.1) is 0 Å². The van der Waals surface area contributed by atoms with Crippen LogP contribution in [-0.4, -0.2) is 37.5 Å². The van der Waals surface area contributed by atoms with Crippen molar-refractivity contribution in [1.82, 2.24) is 25.0 Å². The maximum atomic E-state index is 11.6. The minimum Gasteiger partial charge on any atom is -0.335 e. The quantitative estimate of drug-likeness (QED) is 0.751. The highest BCUT2D eigenvalue weighted by Crippen LogP contribution is 2.24. The van der Waals surface area contributed by atoms with Crippen LogP contribution in [0.2, 0.25) is 0 Å². The Morgan fingerprint density at radius 3 is 3.00 bits per heavy atom. The Balaban J connectivity index is 1.68. The SMILES string of the molecule is O=C1CCCN1Cc1noc(-c2cccc3[nH]c(=O)[nH]c23)n1. The smallest absolute Gasteiger partial charge is 0.323 e. The number of carbonyl (C=O) groups is 1. The summed E-state index contributed by atoms with van der Waals surface area (Å²) in [5.74, 6) is 0.894. The highest BCUT2D eigenvalue weighted by molar-refractivity contribution is 5.89. The van der Waals surface area contributed by atoms with E-state index in [4.69, 9.17) is 4.52 Å². The minimum absolute atomic E-state index is 0.114. The van der Waals surface area contributed by atoms with E-state index in [9.17, 15) is 9.59 Å². The molecule has 8 nitrogen and oxygen atoms in total. The van der Waals surface area contributed by atoms with Gasteiger partial charge in [0.2, 0.25) is 5.91 Å². The summed E-state index contributed by atoms with van der Waals surface area (Å²) in [6.07, 6.45) is 1.45. The van der Waals surface area contributed by atoms with Crippen LogP contribution in [0.25, 0.3) is 22.5 Å². The summed E-state index contributed by atoms with van der Waals surface area (Å²) in [5.41, 5.74) is 1.67. The first-order valence-corrected chi connectivity index (χ1v) is 7.02. The van der Waals surface area contributed by atoms with Gasteiger partial charge >= 0.3 is 5.69 Å². The Labute approximate surface area is 124 Å². The average molecular weight is 299 g/mol. The summed E-state index contributed by atoms with van der Waals surface area (Å²) < 4.78 is 5.28. The van der Waals surface area contributed by atoms with E-state index in [1.54, 1.807) is 23.1 Å². The average Bonchev–Trinajstić information content (AvgIpc) is 3.19. The highest BCUT2D eigenvalue weighted by Gasteiger charge is 2.22. The second-order valence-corrected chi connectivity index (χ2v) is 5.24. The second kappa shape index (κ2) is 4.83. The van der Waals surface area contributed by atoms with Gasteiger partial charge in [-0.3, -0.25) is 4.79 Å². The zero-order chi connectivity index (χ0) is 15.1. The van der Waals surface area contributed by atoms with Gasteiger partial charge in [0.05, 0.1) is 23.1 Å². The first kappa shape index (κ1) is 12.8. The highest BCUT2D eigenvalue weighted by atomic mass is 16.5. The largest absolute Gasteiger partial charge is 0.335 e. The summed E-state index contributed by atoms with van der Waals surface area (Å²) in [6, 6.07) is 5.39. The van der Waals surface area contributed by atoms with E-state index in [-0.39, 0.29) is 11.6 Å². The van der Waals surface area contributed by atoms with Crippen LogP contribution in [0.15, 0.2) is 27.5 Å². The maximum absolute atomic E-state index is 11.6. The monoisotopic (exact) mass is 299 g/mol. The topological polar surface area (TPSA) is 108 Å². The van der Waals surface area contributed by atoms with Gasteiger partial charge in [0.25, 0.3) is 5.89 Å². The van der Waals surface area contributed by atoms with Crippen molar-refractivity contribution in [2.75, 3.05) is 6.54 Å². The molecular weight excluding hydrogens is 286 g/mol. The third kappa shape index (κ3) is 2.09. The fourth-order valence-corrected chi connectivity index (χ4v) is 2.71. The molecule has 1 aromatic carbocycles. The van der Waals surface area contributed by atoms with Gasteiger partial charge in [0.15, 0.2) is 5.82 Å². The van der Waals surface area contributed by atoms with Gasteiger partial charge < -0.3 is 19.4 Å². The van der Waals surface area contributed by atoms with E-state index in [0.717, 1.165) is 13.0 Å². The molecule has 1 saturated heterocycles. The molecule has 112 valence electrons. The predicted octanol–water partition coefficient (Wildman–Crippen LogP) is 1.03. The number of aromatic amines is 2. The van der Waals surface area contributed by atoms with E-state index in [1.807, 2.05) is 0 Å². The number of likely N-dealkylation sites (tertiary alicyclic amines) is 1. The number of para-hydroxylation sites is 1. The van der Waals surface area contributed by atoms with E-state index in [1.165, 1.54) is 0 Å². The number of amides is 1. The number of hydrogen-bond acceptors (Lipinski definition) is 5. The van der Waals surface area contributed by atoms with Crippen LogP contribution in [-0.2, 0) is 11.3 Å². The lowest BCUT2D eigenvalue weighted by Crippen LogP contribution is -2.24. The molecule has 3 aromatic rings. The Morgan fingerprint density at radius 1 is 1.27 bits per heavy atom. The molecule has 0 saturated carbocycles. The van der Waals surface area contributed by atoms with Crippen LogP contribution in [0, 0.1) is 0 Å². The number of aromatic nitrogens is 4. The summed E-state index contributed by atoms with van der Waals surface area (Å²) in [6.45, 7) is 1.07. The molecule has 3 heterocycles. The number of nitrogens with zero attached hydrogens (tertiary/aromatic N) is 3. The van der Waals surface area contributed by atoms with Crippen molar-refractivity contribution in [2.24, 2.45) is 0 Å². The molecule has 0 atom stereocenters. The minimum atomic E-state index is -0.287. The van der Waals surface area contributed by atoms with E-state index < -0.39 is 0 Å². The van der Waals surface area contributed by atoms with Gasteiger partial charge in [-0.25, -0.2) is 4.79 Å². The van der Waals surface area contributed by atoms with Crippen molar-refractivity contribution in [3.05, 3.63) is 34.5 Å². The van der Waals surface area contributed by atoms with Crippen molar-refractivity contribution in [2.45, 2.75) is 19.4 Å². The molecule has 1 aliphatic rings. The van der Waals surface area contributed by atoms with Crippen LogP contribution in [0.4, 0.5) is 0 Å². The van der Waals surface area contributed by atoms with Gasteiger partial charge in [-0.1, -0.05) is 11.2 Å². The molecule has 0 spiro atoms. The first-order chi connectivity index (χ1) is 10.7. The van der Waals surface area contributed by atoms with E-state index >= 15 is 0 Å². The zero-order valence-electron chi connectivity index (χ0n) is 11.6. The van der Waals surface area contributed by atoms with Crippen LogP contribution in [0.3, 0.4) is 0 Å². The third-order valence-corrected chi connectivity index (χ3v) is 3.75. The van der Waals surface area contributed by atoms with Crippen LogP contribution in [0.1, 0.15) is 18.7 Å². The van der Waals surface area contributed by atoms with Crippen molar-refractivity contribution in [3.8, 4) is 11.5 Å². The summed E-state index contributed by atoms with van der Waals surface area (Å²) in [7, 11) is 0. The molecule has 0 unspecified atom stereocenters. The Hall–Kier alpha value is -2.90. The fourth-order valence-electron chi connectivity index (χ4n) is 2.71. The Bertz CT molecular complexity index is 906. The van der Waals surface area contributed by atoms with Crippen molar-refractivity contribution < 1.29 is 9.32 Å². The van der Waals surface area contributed by atoms with Crippen LogP contribution in [0.5, 0.6) is 0 Å². The molecule has 1 fully saturated rings. The third-order valence-electron chi connectivity index (χ3n) is 3.75. The number of nitrogens with one attached hydrogen (secondary N) is 2. The van der Waals surface area contributed by atoms with Crippen LogP contribution >= 0.6 is 0 Å². The number of carbonyl (C=O) groups excluding carboxylic acids is 1. The molecule has 1 aliphatic heterocycles. The molecule has 8 heteroatoms. The Morgan fingerprint density at radius 2 is 2.18 bits per heavy atom. The molecule has 4 rings (SSSR count). The van der Waals surface area contributed by atoms with Crippen molar-refractivity contribution >= 4 is 16.9 Å². The molecule has 1 amide bonds.